The average Bonchev–Trinajstić information content (AvgIpc) is 2.72. The molecular weight excluding hydrogens is 342 g/mol. The molecule has 3 N–H and O–H groups in total. The van der Waals surface area contributed by atoms with Crippen LogP contribution in [0.1, 0.15) is 26.3 Å². The van der Waals surface area contributed by atoms with E-state index in [2.05, 4.69) is 0 Å². The zero-order valence-electron chi connectivity index (χ0n) is 14.8. The monoisotopic (exact) mass is 361 g/mol. The Labute approximate surface area is 157 Å². The van der Waals surface area contributed by atoms with Gasteiger partial charge in [-0.3, -0.25) is 0 Å². The largest absolute Gasteiger partial charge is 0.478 e. The number of ether oxygens (including phenoxy) is 1. The summed E-state index contributed by atoms with van der Waals surface area (Å²) in [5.41, 5.74) is 9.84. The van der Waals surface area contributed by atoms with Crippen molar-refractivity contribution < 1.29 is 19.4 Å². The molecule has 0 fully saturated rings. The molecule has 0 bridgehead atoms. The van der Waals surface area contributed by atoms with Crippen LogP contribution in [0.25, 0.3) is 22.3 Å². The highest BCUT2D eigenvalue weighted by Gasteiger charge is 2.22. The smallest absolute Gasteiger partial charge is 0.338 e. The number of benzene rings is 3. The van der Waals surface area contributed by atoms with Crippen molar-refractivity contribution in [3.63, 3.8) is 0 Å². The molecule has 0 saturated carbocycles. The van der Waals surface area contributed by atoms with Crippen LogP contribution in [0, 0.1) is 0 Å². The lowest BCUT2D eigenvalue weighted by atomic mass is 9.89. The van der Waals surface area contributed by atoms with E-state index in [9.17, 15) is 14.7 Å². The summed E-state index contributed by atoms with van der Waals surface area (Å²) in [6.45, 7) is 0.199. The van der Waals surface area contributed by atoms with Crippen LogP contribution in [0.4, 0.5) is 0 Å². The van der Waals surface area contributed by atoms with Crippen molar-refractivity contribution in [2.75, 3.05) is 7.11 Å². The van der Waals surface area contributed by atoms with E-state index in [0.29, 0.717) is 11.1 Å². The Morgan fingerprint density at radius 2 is 1.63 bits per heavy atom. The number of aromatic carboxylic acids is 1. The third-order valence-electron chi connectivity index (χ3n) is 4.40. The minimum Gasteiger partial charge on any atom is -0.478 e. The van der Waals surface area contributed by atoms with Gasteiger partial charge in [-0.15, -0.1) is 0 Å². The van der Waals surface area contributed by atoms with Crippen molar-refractivity contribution in [2.24, 2.45) is 5.73 Å². The van der Waals surface area contributed by atoms with Crippen LogP contribution < -0.4 is 5.73 Å². The van der Waals surface area contributed by atoms with Crippen molar-refractivity contribution in [1.29, 1.82) is 0 Å². The Morgan fingerprint density at radius 1 is 0.926 bits per heavy atom. The van der Waals surface area contributed by atoms with Gasteiger partial charge in [0.15, 0.2) is 0 Å². The summed E-state index contributed by atoms with van der Waals surface area (Å²) in [5.74, 6) is -1.71. The number of nitrogens with two attached hydrogens (primary N) is 1. The highest BCUT2D eigenvalue weighted by atomic mass is 16.5. The summed E-state index contributed by atoms with van der Waals surface area (Å²) in [6, 6.07) is 20.0. The molecule has 27 heavy (non-hydrogen) atoms. The maximum Gasteiger partial charge on any atom is 0.338 e. The van der Waals surface area contributed by atoms with Gasteiger partial charge in [0.2, 0.25) is 0 Å². The minimum absolute atomic E-state index is 0.0278. The molecule has 3 rings (SSSR count). The normalized spacial score (nSPS) is 10.4. The maximum absolute atomic E-state index is 12.2. The third-order valence-corrected chi connectivity index (χ3v) is 4.40. The summed E-state index contributed by atoms with van der Waals surface area (Å²) in [6.07, 6.45) is 0. The molecule has 0 heterocycles. The van der Waals surface area contributed by atoms with Crippen molar-refractivity contribution in [2.45, 2.75) is 6.54 Å². The molecule has 0 atom stereocenters. The Balaban J connectivity index is 2.25. The topological polar surface area (TPSA) is 89.6 Å². The predicted octanol–water partition coefficient (Wildman–Crippen LogP) is 3.96. The summed E-state index contributed by atoms with van der Waals surface area (Å²) in [4.78, 5) is 24.0. The number of carboxylic acids is 1. The highest BCUT2D eigenvalue weighted by molar-refractivity contribution is 6.06. The number of methoxy groups -OCH3 is 1. The summed E-state index contributed by atoms with van der Waals surface area (Å²) in [7, 11) is 1.27. The second-order valence-corrected chi connectivity index (χ2v) is 5.97. The van der Waals surface area contributed by atoms with E-state index in [4.69, 9.17) is 10.5 Å². The summed E-state index contributed by atoms with van der Waals surface area (Å²) >= 11 is 0. The molecule has 5 heteroatoms. The molecule has 0 radical (unpaired) electrons. The standard InChI is InChI=1S/C22H19NO4/c1-27-22(26)19-9-5-8-18(21(24)25)20(19)17-11-10-15(12-16(17)13-23)14-6-3-2-4-7-14/h2-12H,13,23H2,1H3,(H,24,25). The molecular formula is C22H19NO4. The van der Waals surface area contributed by atoms with Crippen molar-refractivity contribution in [1.82, 2.24) is 0 Å². The average molecular weight is 361 g/mol. The van der Waals surface area contributed by atoms with E-state index in [1.807, 2.05) is 42.5 Å². The molecule has 0 aliphatic rings. The first kappa shape index (κ1) is 18.4. The van der Waals surface area contributed by atoms with Gasteiger partial charge in [-0.1, -0.05) is 48.5 Å². The summed E-state index contributed by atoms with van der Waals surface area (Å²) < 4.78 is 4.84. The molecule has 0 aliphatic heterocycles. The van der Waals surface area contributed by atoms with Crippen LogP contribution in [0.3, 0.4) is 0 Å². The second kappa shape index (κ2) is 7.85. The first-order valence-corrected chi connectivity index (χ1v) is 8.40. The fourth-order valence-electron chi connectivity index (χ4n) is 3.12. The molecule has 0 aliphatic carbocycles. The van der Waals surface area contributed by atoms with Crippen LogP contribution in [-0.4, -0.2) is 24.2 Å². The Morgan fingerprint density at radius 3 is 2.26 bits per heavy atom. The van der Waals surface area contributed by atoms with E-state index in [1.54, 1.807) is 12.1 Å². The second-order valence-electron chi connectivity index (χ2n) is 5.97. The van der Waals surface area contributed by atoms with Gasteiger partial charge in [0.1, 0.15) is 0 Å². The Kier molecular flexibility index (Phi) is 5.33. The van der Waals surface area contributed by atoms with Gasteiger partial charge in [0, 0.05) is 12.1 Å². The van der Waals surface area contributed by atoms with Crippen LogP contribution >= 0.6 is 0 Å². The number of hydrogen-bond donors (Lipinski definition) is 2. The SMILES string of the molecule is COC(=O)c1cccc(C(=O)O)c1-c1ccc(-c2ccccc2)cc1CN. The molecule has 0 saturated heterocycles. The highest BCUT2D eigenvalue weighted by Crippen LogP contribution is 2.34. The van der Waals surface area contributed by atoms with E-state index >= 15 is 0 Å². The molecule has 5 nitrogen and oxygen atoms in total. The lowest BCUT2D eigenvalue weighted by Crippen LogP contribution is -2.10. The van der Waals surface area contributed by atoms with E-state index in [1.165, 1.54) is 19.2 Å². The molecule has 3 aromatic carbocycles. The van der Waals surface area contributed by atoms with Gasteiger partial charge >= 0.3 is 11.9 Å². The first-order chi connectivity index (χ1) is 13.1. The molecule has 3 aromatic rings. The molecule has 136 valence electrons. The number of carboxylic acid groups (broad SMARTS) is 1. The zero-order valence-corrected chi connectivity index (χ0v) is 14.8. The van der Waals surface area contributed by atoms with Crippen LogP contribution in [-0.2, 0) is 11.3 Å². The molecule has 0 amide bonds. The lowest BCUT2D eigenvalue weighted by Gasteiger charge is -2.16. The van der Waals surface area contributed by atoms with Crippen LogP contribution in [0.15, 0.2) is 66.7 Å². The Hall–Kier alpha value is -3.44. The van der Waals surface area contributed by atoms with Crippen molar-refractivity contribution >= 4 is 11.9 Å². The third kappa shape index (κ3) is 3.59. The summed E-state index contributed by atoms with van der Waals surface area (Å²) in [5, 5.41) is 9.62. The predicted molar refractivity (Wildman–Crippen MR) is 104 cm³/mol. The fraction of sp³-hybridized carbons (Fsp3) is 0.0909. The van der Waals surface area contributed by atoms with Gasteiger partial charge in [0.05, 0.1) is 18.2 Å². The molecule has 0 unspecified atom stereocenters. The van der Waals surface area contributed by atoms with E-state index in [0.717, 1.165) is 16.7 Å². The fourth-order valence-corrected chi connectivity index (χ4v) is 3.12. The molecule has 0 spiro atoms. The maximum atomic E-state index is 12.2. The number of carbonyl (C=O) groups is 2. The zero-order chi connectivity index (χ0) is 19.4. The number of rotatable bonds is 5. The quantitative estimate of drug-likeness (QED) is 0.671. The minimum atomic E-state index is -1.12. The van der Waals surface area contributed by atoms with Crippen LogP contribution in [0.5, 0.6) is 0 Å². The van der Waals surface area contributed by atoms with Gasteiger partial charge in [-0.25, -0.2) is 9.59 Å². The van der Waals surface area contributed by atoms with Crippen molar-refractivity contribution in [3.8, 4) is 22.3 Å². The lowest BCUT2D eigenvalue weighted by molar-refractivity contribution is 0.0601. The number of carbonyl (C=O) groups excluding carboxylic acids is 1. The van der Waals surface area contributed by atoms with Gasteiger partial charge < -0.3 is 15.6 Å². The van der Waals surface area contributed by atoms with Gasteiger partial charge in [-0.2, -0.15) is 0 Å². The van der Waals surface area contributed by atoms with Gasteiger partial charge in [-0.05, 0) is 40.5 Å². The van der Waals surface area contributed by atoms with Crippen LogP contribution in [0.2, 0.25) is 0 Å². The Bertz CT molecular complexity index is 996. The number of esters is 1. The van der Waals surface area contributed by atoms with E-state index < -0.39 is 11.9 Å². The van der Waals surface area contributed by atoms with E-state index in [-0.39, 0.29) is 17.7 Å². The molecule has 0 aromatic heterocycles. The van der Waals surface area contributed by atoms with Gasteiger partial charge in [0.25, 0.3) is 0 Å². The number of hydrogen-bond acceptors (Lipinski definition) is 4. The first-order valence-electron chi connectivity index (χ1n) is 8.40. The van der Waals surface area contributed by atoms with Crippen molar-refractivity contribution in [3.05, 3.63) is 83.4 Å².